The summed E-state index contributed by atoms with van der Waals surface area (Å²) in [6.07, 6.45) is 18.9. The molecule has 3 aromatic carbocycles. The second kappa shape index (κ2) is 20.4. The number of azo groups is 1. The van der Waals surface area contributed by atoms with Crippen LogP contribution in [0.25, 0.3) is 0 Å². The molecule has 51 heavy (non-hydrogen) atoms. The van der Waals surface area contributed by atoms with Crippen molar-refractivity contribution in [1.29, 1.82) is 0 Å². The lowest BCUT2D eigenvalue weighted by Crippen LogP contribution is -2.30. The Bertz CT molecular complexity index is 1750. The largest absolute Gasteiger partial charge is 0.478 e. The molecule has 1 heterocycles. The number of carbonyl (C=O) groups excluding carboxylic acids is 1. The molecule has 0 radical (unpaired) electrons. The van der Waals surface area contributed by atoms with Gasteiger partial charge in [-0.1, -0.05) is 121 Å². The van der Waals surface area contributed by atoms with Gasteiger partial charge >= 0.3 is 5.97 Å². The summed E-state index contributed by atoms with van der Waals surface area (Å²) in [5, 5.41) is 23.4. The van der Waals surface area contributed by atoms with Gasteiger partial charge < -0.3 is 9.84 Å². The Kier molecular flexibility index (Phi) is 15.8. The number of hydrogen-bond acceptors (Lipinski definition) is 8. The minimum atomic E-state index is -4.75. The summed E-state index contributed by atoms with van der Waals surface area (Å²) in [4.78, 5) is 24.6. The van der Waals surface area contributed by atoms with Crippen LogP contribution in [0.1, 0.15) is 120 Å². The van der Waals surface area contributed by atoms with Gasteiger partial charge in [-0.05, 0) is 61.4 Å². The summed E-state index contributed by atoms with van der Waals surface area (Å²) in [6.45, 7) is 2.25. The maximum atomic E-state index is 13.7. The van der Waals surface area contributed by atoms with Crippen LogP contribution in [0.3, 0.4) is 0 Å². The fourth-order valence-electron chi connectivity index (χ4n) is 6.01. The van der Waals surface area contributed by atoms with Crippen LogP contribution in [0.15, 0.2) is 93.0 Å². The molecule has 0 saturated heterocycles. The highest BCUT2D eigenvalue weighted by atomic mass is 32.2. The predicted molar refractivity (Wildman–Crippen MR) is 199 cm³/mol. The molecular formula is C39H50N4O7S. The third-order valence-electron chi connectivity index (χ3n) is 8.83. The number of carboxylic acids is 1. The summed E-state index contributed by atoms with van der Waals surface area (Å²) in [5.41, 5.74) is 0.870. The number of hydrogen-bond donors (Lipinski definition) is 2. The first-order chi connectivity index (χ1) is 24.7. The van der Waals surface area contributed by atoms with Crippen LogP contribution in [0, 0.1) is 0 Å². The Hall–Kier alpha value is -4.42. The number of carbonyl (C=O) groups is 2. The molecule has 2 N–H and O–H groups in total. The van der Waals surface area contributed by atoms with Gasteiger partial charge in [0.2, 0.25) is 0 Å². The molecule has 1 atom stereocenters. The van der Waals surface area contributed by atoms with Crippen LogP contribution in [-0.2, 0) is 14.9 Å². The molecule has 0 bridgehead atoms. The standard InChI is InChI=1S/C39H50N4O7S/c1-2-3-4-5-6-7-8-9-10-11-12-13-14-15-19-25-34-37(41-40-31-22-20-21-30(28-31)39(45)46)38(44)43(42-34)32-26-27-35(36(29-32)51(47,48)49)50-33-23-17-16-18-24-33/h16-18,20-24,26-29,37H,2-15,19,25H2,1H3,(H,45,46)(H,47,48,49)/b41-40+. The van der Waals surface area contributed by atoms with Crippen molar-refractivity contribution < 1.29 is 32.4 Å². The van der Waals surface area contributed by atoms with Gasteiger partial charge in [0, 0.05) is 0 Å². The fraction of sp³-hybridized carbons (Fsp3) is 0.462. The zero-order chi connectivity index (χ0) is 36.5. The lowest BCUT2D eigenvalue weighted by Gasteiger charge is -2.15. The zero-order valence-electron chi connectivity index (χ0n) is 29.5. The minimum absolute atomic E-state index is 0.0353. The van der Waals surface area contributed by atoms with E-state index >= 15 is 0 Å². The van der Waals surface area contributed by atoms with E-state index in [1.807, 2.05) is 0 Å². The number of ether oxygens (including phenoxy) is 1. The van der Waals surface area contributed by atoms with E-state index in [4.69, 9.17) is 4.74 Å². The molecule has 1 unspecified atom stereocenters. The quantitative estimate of drug-likeness (QED) is 0.0561. The molecule has 0 spiro atoms. The first-order valence-corrected chi connectivity index (χ1v) is 19.6. The van der Waals surface area contributed by atoms with Gasteiger partial charge in [-0.25, -0.2) is 4.79 Å². The third kappa shape index (κ3) is 12.7. The summed E-state index contributed by atoms with van der Waals surface area (Å²) in [6, 6.07) is 17.3. The molecule has 1 aliphatic heterocycles. The fourth-order valence-corrected chi connectivity index (χ4v) is 6.65. The molecule has 0 fully saturated rings. The van der Waals surface area contributed by atoms with E-state index in [1.165, 1.54) is 94.9 Å². The molecule has 0 aromatic heterocycles. The topological polar surface area (TPSA) is 158 Å². The number of rotatable bonds is 23. The molecule has 0 saturated carbocycles. The van der Waals surface area contributed by atoms with Gasteiger partial charge in [-0.3, -0.25) is 9.35 Å². The Morgan fingerprint density at radius 2 is 1.41 bits per heavy atom. The molecule has 274 valence electrons. The monoisotopic (exact) mass is 718 g/mol. The van der Waals surface area contributed by atoms with Crippen LogP contribution in [0.2, 0.25) is 0 Å². The number of nitrogens with zero attached hydrogens (tertiary/aromatic N) is 4. The second-order valence-electron chi connectivity index (χ2n) is 12.9. The number of carboxylic acid groups (broad SMARTS) is 1. The van der Waals surface area contributed by atoms with E-state index < -0.39 is 32.9 Å². The van der Waals surface area contributed by atoms with Crippen LogP contribution in [0.5, 0.6) is 11.5 Å². The van der Waals surface area contributed by atoms with Crippen molar-refractivity contribution in [2.24, 2.45) is 15.3 Å². The Morgan fingerprint density at radius 3 is 2.00 bits per heavy atom. The smallest absolute Gasteiger partial charge is 0.335 e. The molecular weight excluding hydrogens is 669 g/mol. The van der Waals surface area contributed by atoms with Crippen LogP contribution in [0.4, 0.5) is 11.4 Å². The summed E-state index contributed by atoms with van der Waals surface area (Å²) in [7, 11) is -4.75. The average Bonchev–Trinajstić information content (AvgIpc) is 3.43. The SMILES string of the molecule is CCCCCCCCCCCCCCCCCC1=NN(c2ccc(Oc3ccccc3)c(S(=O)(=O)O)c2)C(=O)C1/N=N/c1cccc(C(=O)O)c1. The van der Waals surface area contributed by atoms with Crippen LogP contribution >= 0.6 is 0 Å². The molecule has 1 aliphatic rings. The predicted octanol–water partition coefficient (Wildman–Crippen LogP) is 10.5. The van der Waals surface area contributed by atoms with E-state index in [2.05, 4.69) is 22.3 Å². The number of aromatic carboxylic acids is 1. The lowest BCUT2D eigenvalue weighted by atomic mass is 10.0. The van der Waals surface area contributed by atoms with Crippen molar-refractivity contribution in [3.63, 3.8) is 0 Å². The van der Waals surface area contributed by atoms with Crippen LogP contribution < -0.4 is 9.75 Å². The van der Waals surface area contributed by atoms with Crippen LogP contribution in [-0.4, -0.2) is 41.7 Å². The van der Waals surface area contributed by atoms with Crippen molar-refractivity contribution in [1.82, 2.24) is 0 Å². The third-order valence-corrected chi connectivity index (χ3v) is 9.70. The van der Waals surface area contributed by atoms with Crippen molar-refractivity contribution in [2.75, 3.05) is 5.01 Å². The highest BCUT2D eigenvalue weighted by molar-refractivity contribution is 7.86. The molecule has 1 amide bonds. The first-order valence-electron chi connectivity index (χ1n) is 18.2. The first kappa shape index (κ1) is 39.4. The highest BCUT2D eigenvalue weighted by Gasteiger charge is 2.37. The van der Waals surface area contributed by atoms with Gasteiger partial charge in [0.15, 0.2) is 6.04 Å². The van der Waals surface area contributed by atoms with Crippen molar-refractivity contribution in [3.05, 3.63) is 78.4 Å². The summed E-state index contributed by atoms with van der Waals surface area (Å²) < 4.78 is 40.5. The Morgan fingerprint density at radius 1 is 0.804 bits per heavy atom. The van der Waals surface area contributed by atoms with Crippen molar-refractivity contribution >= 4 is 39.1 Å². The molecule has 3 aromatic rings. The highest BCUT2D eigenvalue weighted by Crippen LogP contribution is 2.34. The van der Waals surface area contributed by atoms with Gasteiger partial charge in [0.05, 0.1) is 22.6 Å². The van der Waals surface area contributed by atoms with Gasteiger partial charge in [-0.2, -0.15) is 28.8 Å². The van der Waals surface area contributed by atoms with Gasteiger partial charge in [0.25, 0.3) is 16.0 Å². The number of unbranched alkanes of at least 4 members (excludes halogenated alkanes) is 14. The molecule has 11 nitrogen and oxygen atoms in total. The molecule has 12 heteroatoms. The number of hydrazone groups is 1. The van der Waals surface area contributed by atoms with E-state index in [1.54, 1.807) is 42.5 Å². The average molecular weight is 719 g/mol. The minimum Gasteiger partial charge on any atom is -0.478 e. The van der Waals surface area contributed by atoms with Gasteiger partial charge in [0.1, 0.15) is 16.4 Å². The zero-order valence-corrected chi connectivity index (χ0v) is 30.3. The number of anilines is 1. The lowest BCUT2D eigenvalue weighted by molar-refractivity contribution is -0.117. The number of benzene rings is 3. The Labute approximate surface area is 301 Å². The summed E-state index contributed by atoms with van der Waals surface area (Å²) >= 11 is 0. The molecule has 4 rings (SSSR count). The normalized spacial score (nSPS) is 14.7. The van der Waals surface area contributed by atoms with Crippen molar-refractivity contribution in [3.8, 4) is 11.5 Å². The second-order valence-corrected chi connectivity index (χ2v) is 14.3. The van der Waals surface area contributed by atoms with Crippen molar-refractivity contribution in [2.45, 2.75) is 121 Å². The van der Waals surface area contributed by atoms with E-state index in [0.29, 0.717) is 17.9 Å². The van der Waals surface area contributed by atoms with E-state index in [-0.39, 0.29) is 22.7 Å². The maximum absolute atomic E-state index is 13.7. The van der Waals surface area contributed by atoms with E-state index in [0.717, 1.165) is 36.8 Å². The number of para-hydroxylation sites is 1. The maximum Gasteiger partial charge on any atom is 0.335 e. The molecule has 0 aliphatic carbocycles. The number of amides is 1. The Balaban J connectivity index is 1.39. The summed E-state index contributed by atoms with van der Waals surface area (Å²) in [5.74, 6) is -1.42. The van der Waals surface area contributed by atoms with E-state index in [9.17, 15) is 27.7 Å². The van der Waals surface area contributed by atoms with Gasteiger partial charge in [-0.15, -0.1) is 0 Å².